The monoisotopic (exact) mass is 340 g/mol. The fourth-order valence-corrected chi connectivity index (χ4v) is 2.42. The van der Waals surface area contributed by atoms with Gasteiger partial charge in [0.2, 0.25) is 5.91 Å². The first-order valence-electron chi connectivity index (χ1n) is 8.88. The summed E-state index contributed by atoms with van der Waals surface area (Å²) in [5.41, 5.74) is 2.06. The number of carbonyl (C=O) groups is 1. The van der Waals surface area contributed by atoms with E-state index in [1.807, 2.05) is 36.4 Å². The molecule has 0 saturated heterocycles. The van der Waals surface area contributed by atoms with Crippen molar-refractivity contribution >= 4 is 11.6 Å². The minimum atomic E-state index is -0.0806. The third-order valence-electron chi connectivity index (χ3n) is 3.82. The van der Waals surface area contributed by atoms with Gasteiger partial charge in [-0.2, -0.15) is 0 Å². The predicted octanol–water partition coefficient (Wildman–Crippen LogP) is 4.62. The number of benzene rings is 2. The van der Waals surface area contributed by atoms with Gasteiger partial charge in [0, 0.05) is 12.6 Å². The number of nitrogens with one attached hydrogen (secondary N) is 2. The molecule has 0 aliphatic carbocycles. The van der Waals surface area contributed by atoms with Crippen LogP contribution in [-0.4, -0.2) is 19.0 Å². The summed E-state index contributed by atoms with van der Waals surface area (Å²) >= 11 is 0. The maximum Gasteiger partial charge on any atom is 0.221 e. The molecule has 0 atom stereocenters. The zero-order valence-electron chi connectivity index (χ0n) is 15.3. The van der Waals surface area contributed by atoms with Crippen LogP contribution in [0.5, 0.6) is 11.5 Å². The molecule has 4 heteroatoms. The van der Waals surface area contributed by atoms with Crippen molar-refractivity contribution in [1.29, 1.82) is 0 Å². The molecule has 2 rings (SSSR count). The van der Waals surface area contributed by atoms with Crippen molar-refractivity contribution < 1.29 is 9.53 Å². The first-order chi connectivity index (χ1) is 12.0. The number of carbonyl (C=O) groups excluding carboxylic acids is 1. The van der Waals surface area contributed by atoms with Gasteiger partial charge in [-0.3, -0.25) is 4.79 Å². The van der Waals surface area contributed by atoms with E-state index in [1.54, 1.807) is 0 Å². The molecule has 134 valence electrons. The van der Waals surface area contributed by atoms with Crippen LogP contribution in [-0.2, 0) is 11.2 Å². The lowest BCUT2D eigenvalue weighted by atomic mass is 10.1. The fourth-order valence-electron chi connectivity index (χ4n) is 2.42. The summed E-state index contributed by atoms with van der Waals surface area (Å²) in [6.07, 6.45) is 2.23. The Morgan fingerprint density at radius 3 is 2.12 bits per heavy atom. The summed E-state index contributed by atoms with van der Waals surface area (Å²) in [6.45, 7) is 8.05. The molecule has 0 spiro atoms. The lowest BCUT2D eigenvalue weighted by Gasteiger charge is -2.09. The molecule has 0 bridgehead atoms. The van der Waals surface area contributed by atoms with Crippen LogP contribution in [0.4, 0.5) is 5.69 Å². The molecule has 0 aliphatic rings. The Balaban J connectivity index is 1.78. The van der Waals surface area contributed by atoms with Gasteiger partial charge in [-0.05, 0) is 73.8 Å². The molecular weight excluding hydrogens is 312 g/mol. The summed E-state index contributed by atoms with van der Waals surface area (Å²) in [7, 11) is 0. The van der Waals surface area contributed by atoms with Crippen LogP contribution in [0.15, 0.2) is 48.5 Å². The maximum atomic E-state index is 11.0. The molecule has 2 aromatic carbocycles. The average molecular weight is 340 g/mol. The van der Waals surface area contributed by atoms with Crippen LogP contribution in [0.25, 0.3) is 0 Å². The van der Waals surface area contributed by atoms with E-state index in [-0.39, 0.29) is 5.91 Å². The standard InChI is InChI=1S/C21H28N2O2/c1-16(2)12-14-22-15-13-18-4-8-20(9-5-18)25-21-10-6-19(7-11-21)23-17(3)24/h4-11,16,22H,12-15H2,1-3H3,(H,23,24). The van der Waals surface area contributed by atoms with Gasteiger partial charge >= 0.3 is 0 Å². The lowest BCUT2D eigenvalue weighted by Crippen LogP contribution is -2.19. The van der Waals surface area contributed by atoms with E-state index in [1.165, 1.54) is 18.9 Å². The minimum Gasteiger partial charge on any atom is -0.457 e. The molecule has 4 nitrogen and oxygen atoms in total. The molecule has 2 aromatic rings. The lowest BCUT2D eigenvalue weighted by molar-refractivity contribution is -0.114. The number of amides is 1. The molecule has 25 heavy (non-hydrogen) atoms. The molecule has 0 aromatic heterocycles. The van der Waals surface area contributed by atoms with Gasteiger partial charge in [0.15, 0.2) is 0 Å². The molecule has 0 heterocycles. The van der Waals surface area contributed by atoms with Crippen molar-refractivity contribution in [2.24, 2.45) is 5.92 Å². The maximum absolute atomic E-state index is 11.0. The zero-order chi connectivity index (χ0) is 18.1. The first kappa shape index (κ1) is 19.0. The van der Waals surface area contributed by atoms with Gasteiger partial charge in [0.05, 0.1) is 0 Å². The van der Waals surface area contributed by atoms with Crippen LogP contribution in [0.1, 0.15) is 32.8 Å². The SMILES string of the molecule is CC(=O)Nc1ccc(Oc2ccc(CCNCCC(C)C)cc2)cc1. The van der Waals surface area contributed by atoms with E-state index in [0.717, 1.165) is 42.6 Å². The van der Waals surface area contributed by atoms with Crippen molar-refractivity contribution in [2.45, 2.75) is 33.6 Å². The van der Waals surface area contributed by atoms with E-state index in [9.17, 15) is 4.79 Å². The van der Waals surface area contributed by atoms with Gasteiger partial charge in [-0.15, -0.1) is 0 Å². The number of anilines is 1. The zero-order valence-corrected chi connectivity index (χ0v) is 15.3. The highest BCUT2D eigenvalue weighted by Gasteiger charge is 2.00. The van der Waals surface area contributed by atoms with E-state index in [0.29, 0.717) is 0 Å². The van der Waals surface area contributed by atoms with Gasteiger partial charge in [-0.1, -0.05) is 26.0 Å². The second kappa shape index (κ2) is 9.84. The van der Waals surface area contributed by atoms with Crippen LogP contribution >= 0.6 is 0 Å². The Kier molecular flexibility index (Phi) is 7.48. The van der Waals surface area contributed by atoms with Gasteiger partial charge in [0.25, 0.3) is 0 Å². The summed E-state index contributed by atoms with van der Waals surface area (Å²) in [4.78, 5) is 11.0. The van der Waals surface area contributed by atoms with E-state index in [4.69, 9.17) is 4.74 Å². The predicted molar refractivity (Wildman–Crippen MR) is 103 cm³/mol. The third kappa shape index (κ3) is 7.40. The summed E-state index contributed by atoms with van der Waals surface area (Å²) < 4.78 is 5.83. The Morgan fingerprint density at radius 1 is 0.960 bits per heavy atom. The molecule has 0 radical (unpaired) electrons. The largest absolute Gasteiger partial charge is 0.457 e. The van der Waals surface area contributed by atoms with Crippen LogP contribution < -0.4 is 15.4 Å². The van der Waals surface area contributed by atoms with E-state index >= 15 is 0 Å². The Morgan fingerprint density at radius 2 is 1.56 bits per heavy atom. The minimum absolute atomic E-state index is 0.0806. The van der Waals surface area contributed by atoms with Gasteiger partial charge < -0.3 is 15.4 Å². The average Bonchev–Trinajstić information content (AvgIpc) is 2.57. The number of hydrogen-bond donors (Lipinski definition) is 2. The highest BCUT2D eigenvalue weighted by Crippen LogP contribution is 2.23. The second-order valence-corrected chi connectivity index (χ2v) is 6.63. The molecule has 1 amide bonds. The van der Waals surface area contributed by atoms with E-state index < -0.39 is 0 Å². The quantitative estimate of drug-likeness (QED) is 0.655. The van der Waals surface area contributed by atoms with Crippen LogP contribution in [0.2, 0.25) is 0 Å². The second-order valence-electron chi connectivity index (χ2n) is 6.63. The highest BCUT2D eigenvalue weighted by molar-refractivity contribution is 5.88. The fraction of sp³-hybridized carbons (Fsp3) is 0.381. The smallest absolute Gasteiger partial charge is 0.221 e. The highest BCUT2D eigenvalue weighted by atomic mass is 16.5. The number of rotatable bonds is 9. The summed E-state index contributed by atoms with van der Waals surface area (Å²) in [5, 5.41) is 6.21. The molecule has 0 fully saturated rings. The Bertz CT molecular complexity index is 649. The van der Waals surface area contributed by atoms with Crippen LogP contribution in [0.3, 0.4) is 0 Å². The van der Waals surface area contributed by atoms with E-state index in [2.05, 4.69) is 36.6 Å². The van der Waals surface area contributed by atoms with Gasteiger partial charge in [-0.25, -0.2) is 0 Å². The van der Waals surface area contributed by atoms with Crippen molar-refractivity contribution in [1.82, 2.24) is 5.32 Å². The summed E-state index contributed by atoms with van der Waals surface area (Å²) in [6, 6.07) is 15.5. The van der Waals surface area contributed by atoms with Crippen molar-refractivity contribution in [3.8, 4) is 11.5 Å². The molecule has 0 saturated carbocycles. The topological polar surface area (TPSA) is 50.4 Å². The van der Waals surface area contributed by atoms with Crippen molar-refractivity contribution in [3.63, 3.8) is 0 Å². The first-order valence-corrected chi connectivity index (χ1v) is 8.88. The Labute approximate surface area is 150 Å². The normalized spacial score (nSPS) is 10.7. The molecular formula is C21H28N2O2. The van der Waals surface area contributed by atoms with Crippen molar-refractivity contribution in [2.75, 3.05) is 18.4 Å². The third-order valence-corrected chi connectivity index (χ3v) is 3.82. The van der Waals surface area contributed by atoms with Gasteiger partial charge in [0.1, 0.15) is 11.5 Å². The molecule has 0 unspecified atom stereocenters. The molecule has 2 N–H and O–H groups in total. The van der Waals surface area contributed by atoms with Crippen molar-refractivity contribution in [3.05, 3.63) is 54.1 Å². The van der Waals surface area contributed by atoms with Crippen LogP contribution in [0, 0.1) is 5.92 Å². The Hall–Kier alpha value is -2.33. The number of hydrogen-bond acceptors (Lipinski definition) is 3. The number of ether oxygens (including phenoxy) is 1. The summed E-state index contributed by atoms with van der Waals surface area (Å²) in [5.74, 6) is 2.22. The molecule has 0 aliphatic heterocycles.